The molecule has 0 fully saturated rings. The predicted molar refractivity (Wildman–Crippen MR) is 87.1 cm³/mol. The molecule has 21 heavy (non-hydrogen) atoms. The summed E-state index contributed by atoms with van der Waals surface area (Å²) in [5.41, 5.74) is 1.03. The maximum absolute atomic E-state index is 14.3. The summed E-state index contributed by atoms with van der Waals surface area (Å²) in [5, 5.41) is 3.09. The van der Waals surface area contributed by atoms with E-state index in [-0.39, 0.29) is 5.82 Å². The van der Waals surface area contributed by atoms with Gasteiger partial charge in [0.2, 0.25) is 0 Å². The van der Waals surface area contributed by atoms with Gasteiger partial charge in [-0.05, 0) is 38.1 Å². The van der Waals surface area contributed by atoms with Crippen molar-refractivity contribution in [3.05, 3.63) is 34.6 Å². The molecule has 0 aliphatic heterocycles. The Morgan fingerprint density at radius 1 is 1.14 bits per heavy atom. The van der Waals surface area contributed by atoms with Crippen LogP contribution in [0.5, 0.6) is 0 Å². The molecule has 1 aliphatic rings. The molecule has 1 aromatic heterocycles. The number of rotatable bonds is 5. The van der Waals surface area contributed by atoms with Crippen molar-refractivity contribution in [2.75, 3.05) is 19.6 Å². The number of benzene rings is 1. The molecular weight excluding hydrogens is 263 g/mol. The van der Waals surface area contributed by atoms with Gasteiger partial charge in [-0.25, -0.2) is 4.39 Å². The summed E-state index contributed by atoms with van der Waals surface area (Å²) < 4.78 is 16.6. The molecule has 0 radical (unpaired) electrons. The quantitative estimate of drug-likeness (QED) is 0.820. The highest BCUT2D eigenvalue weighted by Crippen LogP contribution is 2.15. The summed E-state index contributed by atoms with van der Waals surface area (Å²) in [6, 6.07) is 5.43. The number of aromatic nitrogens is 1. The minimum Gasteiger partial charge on any atom is -0.339 e. The second-order valence-corrected chi connectivity index (χ2v) is 5.60. The van der Waals surface area contributed by atoms with E-state index in [2.05, 4.69) is 35.5 Å². The van der Waals surface area contributed by atoms with Crippen LogP contribution in [0.1, 0.15) is 26.7 Å². The summed E-state index contributed by atoms with van der Waals surface area (Å²) in [6.07, 6.45) is 6.51. The fraction of sp³-hybridized carbons (Fsp3) is 0.444. The van der Waals surface area contributed by atoms with Crippen LogP contribution in [0.15, 0.2) is 18.2 Å². The number of likely N-dealkylation sites (N-methyl/N-ethyl adjacent to an activating group) is 1. The second-order valence-electron chi connectivity index (χ2n) is 5.60. The summed E-state index contributed by atoms with van der Waals surface area (Å²) in [5.74, 6) is -0.100. The number of hydrogen-bond acceptors (Lipinski definition) is 1. The SMILES string of the molecule is CCN(CC)CCn1c2c(c3c(F)cccc31)=CCCC=2. The van der Waals surface area contributed by atoms with E-state index >= 15 is 0 Å². The van der Waals surface area contributed by atoms with Gasteiger partial charge in [-0.15, -0.1) is 0 Å². The van der Waals surface area contributed by atoms with Crippen molar-refractivity contribution in [1.29, 1.82) is 0 Å². The van der Waals surface area contributed by atoms with E-state index in [4.69, 9.17) is 0 Å². The lowest BCUT2D eigenvalue weighted by molar-refractivity contribution is 0.291. The van der Waals surface area contributed by atoms with Crippen molar-refractivity contribution in [2.24, 2.45) is 0 Å². The Hall–Kier alpha value is -1.61. The first-order chi connectivity index (χ1) is 10.3. The Morgan fingerprint density at radius 2 is 1.90 bits per heavy atom. The molecular formula is C18H23FN2. The van der Waals surface area contributed by atoms with Crippen LogP contribution >= 0.6 is 0 Å². The number of fused-ring (bicyclic) bond motifs is 3. The van der Waals surface area contributed by atoms with Crippen molar-refractivity contribution in [3.63, 3.8) is 0 Å². The van der Waals surface area contributed by atoms with Crippen LogP contribution in [0, 0.1) is 5.82 Å². The Balaban J connectivity index is 2.13. The zero-order chi connectivity index (χ0) is 14.8. The average Bonchev–Trinajstić information content (AvgIpc) is 2.84. The third-order valence-electron chi connectivity index (χ3n) is 4.51. The molecule has 0 spiro atoms. The minimum absolute atomic E-state index is 0.100. The van der Waals surface area contributed by atoms with E-state index in [0.29, 0.717) is 0 Å². The van der Waals surface area contributed by atoms with E-state index < -0.39 is 0 Å². The minimum atomic E-state index is -0.100. The van der Waals surface area contributed by atoms with Crippen molar-refractivity contribution in [1.82, 2.24) is 9.47 Å². The fourth-order valence-corrected chi connectivity index (χ4v) is 3.30. The van der Waals surface area contributed by atoms with Crippen LogP contribution in [0.4, 0.5) is 4.39 Å². The lowest BCUT2D eigenvalue weighted by Gasteiger charge is -2.19. The zero-order valence-electron chi connectivity index (χ0n) is 12.9. The Labute approximate surface area is 125 Å². The van der Waals surface area contributed by atoms with Crippen molar-refractivity contribution < 1.29 is 4.39 Å². The predicted octanol–water partition coefficient (Wildman–Crippen LogP) is 2.48. The smallest absolute Gasteiger partial charge is 0.133 e. The molecule has 0 atom stereocenters. The maximum Gasteiger partial charge on any atom is 0.133 e. The summed E-state index contributed by atoms with van der Waals surface area (Å²) in [4.78, 5) is 2.41. The summed E-state index contributed by atoms with van der Waals surface area (Å²) in [7, 11) is 0. The van der Waals surface area contributed by atoms with E-state index in [1.54, 1.807) is 6.07 Å². The van der Waals surface area contributed by atoms with Crippen LogP contribution < -0.4 is 10.6 Å². The van der Waals surface area contributed by atoms with Gasteiger partial charge >= 0.3 is 0 Å². The first-order valence-electron chi connectivity index (χ1n) is 7.95. The third-order valence-corrected chi connectivity index (χ3v) is 4.51. The highest BCUT2D eigenvalue weighted by Gasteiger charge is 2.13. The van der Waals surface area contributed by atoms with Gasteiger partial charge in [0, 0.05) is 29.0 Å². The van der Waals surface area contributed by atoms with Crippen molar-refractivity contribution in [3.8, 4) is 0 Å². The third kappa shape index (κ3) is 2.51. The normalized spacial score (nSPS) is 14.1. The molecule has 2 nitrogen and oxygen atoms in total. The van der Waals surface area contributed by atoms with Gasteiger partial charge < -0.3 is 9.47 Å². The molecule has 0 amide bonds. The fourth-order valence-electron chi connectivity index (χ4n) is 3.30. The van der Waals surface area contributed by atoms with Crippen LogP contribution in [0.25, 0.3) is 23.1 Å². The highest BCUT2D eigenvalue weighted by molar-refractivity contribution is 5.83. The van der Waals surface area contributed by atoms with Gasteiger partial charge in [0.1, 0.15) is 5.82 Å². The number of halogens is 1. The standard InChI is InChI=1S/C18H23FN2/c1-3-20(4-2)12-13-21-16-10-6-5-8-14(16)18-15(19)9-7-11-17(18)21/h7-11H,3-6,12-13H2,1-2H3. The first-order valence-corrected chi connectivity index (χ1v) is 7.95. The highest BCUT2D eigenvalue weighted by atomic mass is 19.1. The lowest BCUT2D eigenvalue weighted by atomic mass is 10.1. The van der Waals surface area contributed by atoms with Gasteiger partial charge in [-0.2, -0.15) is 0 Å². The maximum atomic E-state index is 14.3. The zero-order valence-corrected chi connectivity index (χ0v) is 12.9. The molecule has 0 saturated carbocycles. The van der Waals surface area contributed by atoms with Gasteiger partial charge in [0.25, 0.3) is 0 Å². The molecule has 0 saturated heterocycles. The molecule has 112 valence electrons. The van der Waals surface area contributed by atoms with E-state index in [1.165, 1.54) is 5.35 Å². The molecule has 0 unspecified atom stereocenters. The van der Waals surface area contributed by atoms with Crippen molar-refractivity contribution >= 4 is 23.1 Å². The van der Waals surface area contributed by atoms with Crippen LogP contribution in [0.2, 0.25) is 0 Å². The van der Waals surface area contributed by atoms with Gasteiger partial charge in [-0.3, -0.25) is 0 Å². The van der Waals surface area contributed by atoms with Gasteiger partial charge in [0.15, 0.2) is 0 Å². The van der Waals surface area contributed by atoms with E-state index in [0.717, 1.165) is 55.1 Å². The molecule has 1 heterocycles. The molecule has 1 aliphatic carbocycles. The molecule has 3 heteroatoms. The topological polar surface area (TPSA) is 8.17 Å². The monoisotopic (exact) mass is 286 g/mol. The average molecular weight is 286 g/mol. The summed E-state index contributed by atoms with van der Waals surface area (Å²) in [6.45, 7) is 8.41. The molecule has 2 aromatic rings. The van der Waals surface area contributed by atoms with Crippen molar-refractivity contribution in [2.45, 2.75) is 33.2 Å². The van der Waals surface area contributed by atoms with Crippen LogP contribution in [0.3, 0.4) is 0 Å². The number of hydrogen-bond donors (Lipinski definition) is 0. The van der Waals surface area contributed by atoms with Crippen LogP contribution in [-0.2, 0) is 6.54 Å². The van der Waals surface area contributed by atoms with Gasteiger partial charge in [0.05, 0.1) is 5.52 Å². The summed E-state index contributed by atoms with van der Waals surface area (Å²) >= 11 is 0. The largest absolute Gasteiger partial charge is 0.339 e. The van der Waals surface area contributed by atoms with Crippen LogP contribution in [-0.4, -0.2) is 29.1 Å². The number of nitrogens with zero attached hydrogens (tertiary/aromatic N) is 2. The Morgan fingerprint density at radius 3 is 2.67 bits per heavy atom. The Bertz CT molecular complexity index is 754. The van der Waals surface area contributed by atoms with E-state index in [9.17, 15) is 4.39 Å². The van der Waals surface area contributed by atoms with E-state index in [1.807, 2.05) is 12.1 Å². The molecule has 0 bridgehead atoms. The molecule has 3 rings (SSSR count). The van der Waals surface area contributed by atoms with Gasteiger partial charge in [-0.1, -0.05) is 32.1 Å². The molecule has 0 N–H and O–H groups in total. The Kier molecular flexibility index (Phi) is 4.11. The second kappa shape index (κ2) is 6.02. The first kappa shape index (κ1) is 14.3. The lowest BCUT2D eigenvalue weighted by Crippen LogP contribution is -2.35. The molecule has 1 aromatic carbocycles.